The molecule has 2 atom stereocenters. The molecule has 0 fully saturated rings. The number of hydrogen-bond donors (Lipinski definition) is 1. The molecule has 106 valence electrons. The normalized spacial score (nSPS) is 14.9. The summed E-state index contributed by atoms with van der Waals surface area (Å²) < 4.78 is 25.4. The molecule has 1 rings (SSSR count). The summed E-state index contributed by atoms with van der Waals surface area (Å²) in [6.07, 6.45) is 0. The van der Waals surface area contributed by atoms with Crippen LogP contribution in [0.3, 0.4) is 0 Å². The van der Waals surface area contributed by atoms with Crippen LogP contribution in [0.15, 0.2) is 23.1 Å². The number of rotatable bonds is 5. The van der Waals surface area contributed by atoms with Crippen LogP contribution in [-0.2, 0) is 10.0 Å². The van der Waals surface area contributed by atoms with E-state index in [1.165, 1.54) is 19.2 Å². The first-order chi connectivity index (χ1) is 8.70. The molecule has 0 saturated carbocycles. The topological polar surface area (TPSA) is 89.3 Å². The van der Waals surface area contributed by atoms with Crippen molar-refractivity contribution in [1.82, 2.24) is 4.72 Å². The van der Waals surface area contributed by atoms with Gasteiger partial charge in [-0.2, -0.15) is 0 Å². The van der Waals surface area contributed by atoms with Crippen LogP contribution in [0, 0.1) is 10.1 Å². The van der Waals surface area contributed by atoms with Crippen LogP contribution in [0.5, 0.6) is 0 Å². The Hall–Kier alpha value is -0.990. The quantitative estimate of drug-likeness (QED) is 0.501. The van der Waals surface area contributed by atoms with Crippen molar-refractivity contribution in [2.75, 3.05) is 7.05 Å². The molecule has 0 aliphatic carbocycles. The van der Waals surface area contributed by atoms with Crippen molar-refractivity contribution in [2.45, 2.75) is 29.5 Å². The Balaban J connectivity index is 3.43. The van der Waals surface area contributed by atoms with E-state index in [9.17, 15) is 18.5 Å². The lowest BCUT2D eigenvalue weighted by Gasteiger charge is -2.15. The Labute approximate surface area is 120 Å². The Kier molecular flexibility index (Phi) is 5.05. The zero-order valence-corrected chi connectivity index (χ0v) is 13.2. The molecule has 1 aromatic carbocycles. The van der Waals surface area contributed by atoms with Crippen molar-refractivity contribution in [1.29, 1.82) is 0 Å². The third-order valence-electron chi connectivity index (χ3n) is 2.96. The Morgan fingerprint density at radius 3 is 2.37 bits per heavy atom. The standard InChI is InChI=1S/C11H15BrN2O4S/c1-7(8(2)12)10-5-4-9(19(17,18)13-3)6-11(10)14(15)16/h4-8,13H,1-3H3. The summed E-state index contributed by atoms with van der Waals surface area (Å²) in [4.78, 5) is 10.5. The summed E-state index contributed by atoms with van der Waals surface area (Å²) in [5.74, 6) is -0.105. The SMILES string of the molecule is CNS(=O)(=O)c1ccc(C(C)C(C)Br)c([N+](=O)[O-])c1. The number of nitrogens with one attached hydrogen (secondary N) is 1. The van der Waals surface area contributed by atoms with Gasteiger partial charge in [-0.15, -0.1) is 0 Å². The fraction of sp³-hybridized carbons (Fsp3) is 0.455. The van der Waals surface area contributed by atoms with Crippen LogP contribution < -0.4 is 4.72 Å². The van der Waals surface area contributed by atoms with Gasteiger partial charge in [-0.05, 0) is 13.1 Å². The van der Waals surface area contributed by atoms with Gasteiger partial charge in [0.2, 0.25) is 10.0 Å². The molecule has 0 radical (unpaired) electrons. The highest BCUT2D eigenvalue weighted by Gasteiger charge is 2.25. The molecule has 0 spiro atoms. The molecule has 0 aromatic heterocycles. The number of halogens is 1. The molecule has 1 N–H and O–H groups in total. The highest BCUT2D eigenvalue weighted by Crippen LogP contribution is 2.33. The van der Waals surface area contributed by atoms with E-state index < -0.39 is 14.9 Å². The maximum Gasteiger partial charge on any atom is 0.274 e. The third-order valence-corrected chi connectivity index (χ3v) is 5.16. The zero-order valence-electron chi connectivity index (χ0n) is 10.8. The molecule has 0 aliphatic rings. The second kappa shape index (κ2) is 5.98. The summed E-state index contributed by atoms with van der Waals surface area (Å²) in [6.45, 7) is 3.72. The van der Waals surface area contributed by atoms with Gasteiger partial charge >= 0.3 is 0 Å². The number of benzene rings is 1. The second-order valence-corrected chi connectivity index (χ2v) is 7.48. The van der Waals surface area contributed by atoms with E-state index in [0.29, 0.717) is 5.56 Å². The van der Waals surface area contributed by atoms with Crippen molar-refractivity contribution in [3.05, 3.63) is 33.9 Å². The predicted molar refractivity (Wildman–Crippen MR) is 76.1 cm³/mol. The van der Waals surface area contributed by atoms with E-state index in [4.69, 9.17) is 0 Å². The summed E-state index contributed by atoms with van der Waals surface area (Å²) in [6, 6.07) is 3.96. The van der Waals surface area contributed by atoms with Gasteiger partial charge < -0.3 is 0 Å². The lowest BCUT2D eigenvalue weighted by Crippen LogP contribution is -2.19. The van der Waals surface area contributed by atoms with E-state index in [2.05, 4.69) is 20.7 Å². The van der Waals surface area contributed by atoms with Crippen LogP contribution in [0.25, 0.3) is 0 Å². The van der Waals surface area contributed by atoms with Crippen LogP contribution in [0.2, 0.25) is 0 Å². The maximum absolute atomic E-state index is 11.6. The van der Waals surface area contributed by atoms with Gasteiger partial charge in [-0.25, -0.2) is 13.1 Å². The largest absolute Gasteiger partial charge is 0.274 e. The molecule has 0 saturated heterocycles. The average molecular weight is 351 g/mol. The summed E-state index contributed by atoms with van der Waals surface area (Å²) in [7, 11) is -2.42. The van der Waals surface area contributed by atoms with Gasteiger partial charge in [0.05, 0.1) is 9.82 Å². The first kappa shape index (κ1) is 16.1. The van der Waals surface area contributed by atoms with Crippen molar-refractivity contribution in [3.8, 4) is 0 Å². The molecule has 0 aliphatic heterocycles. The number of nitro groups is 1. The molecule has 6 nitrogen and oxygen atoms in total. The monoisotopic (exact) mass is 350 g/mol. The lowest BCUT2D eigenvalue weighted by molar-refractivity contribution is -0.385. The first-order valence-corrected chi connectivity index (χ1v) is 7.96. The minimum absolute atomic E-state index is 0.0398. The molecule has 19 heavy (non-hydrogen) atoms. The molecule has 0 amide bonds. The number of nitrogens with zero attached hydrogens (tertiary/aromatic N) is 1. The lowest BCUT2D eigenvalue weighted by atomic mass is 9.97. The van der Waals surface area contributed by atoms with E-state index in [1.807, 2.05) is 13.8 Å². The van der Waals surface area contributed by atoms with Crippen molar-refractivity contribution in [3.63, 3.8) is 0 Å². The van der Waals surface area contributed by atoms with Crippen LogP contribution in [0.1, 0.15) is 25.3 Å². The number of nitro benzene ring substituents is 1. The predicted octanol–water partition coefficient (Wildman–Crippen LogP) is 2.39. The number of alkyl halides is 1. The average Bonchev–Trinajstić information content (AvgIpc) is 2.36. The minimum atomic E-state index is -3.68. The van der Waals surface area contributed by atoms with Gasteiger partial charge in [0.25, 0.3) is 5.69 Å². The molecular formula is C11H15BrN2O4S. The number of hydrogen-bond acceptors (Lipinski definition) is 4. The molecule has 0 heterocycles. The third kappa shape index (κ3) is 3.52. The van der Waals surface area contributed by atoms with E-state index in [-0.39, 0.29) is 21.3 Å². The second-order valence-electron chi connectivity index (χ2n) is 4.15. The molecule has 0 bridgehead atoms. The van der Waals surface area contributed by atoms with Gasteiger partial charge in [0, 0.05) is 22.4 Å². The first-order valence-electron chi connectivity index (χ1n) is 5.56. The minimum Gasteiger partial charge on any atom is -0.258 e. The summed E-state index contributed by atoms with van der Waals surface area (Å²) in [5, 5.41) is 11.1. The molecular weight excluding hydrogens is 336 g/mol. The highest BCUT2D eigenvalue weighted by molar-refractivity contribution is 9.09. The van der Waals surface area contributed by atoms with Gasteiger partial charge in [0.15, 0.2) is 0 Å². The molecule has 1 aromatic rings. The molecule has 8 heteroatoms. The van der Waals surface area contributed by atoms with Crippen LogP contribution >= 0.6 is 15.9 Å². The smallest absolute Gasteiger partial charge is 0.258 e. The van der Waals surface area contributed by atoms with Gasteiger partial charge in [0.1, 0.15) is 0 Å². The van der Waals surface area contributed by atoms with Crippen LogP contribution in [0.4, 0.5) is 5.69 Å². The van der Waals surface area contributed by atoms with Crippen molar-refractivity contribution in [2.24, 2.45) is 0 Å². The van der Waals surface area contributed by atoms with E-state index in [0.717, 1.165) is 6.07 Å². The van der Waals surface area contributed by atoms with Crippen molar-refractivity contribution >= 4 is 31.6 Å². The van der Waals surface area contributed by atoms with Gasteiger partial charge in [-0.3, -0.25) is 10.1 Å². The zero-order chi connectivity index (χ0) is 14.8. The highest BCUT2D eigenvalue weighted by atomic mass is 79.9. The van der Waals surface area contributed by atoms with Gasteiger partial charge in [-0.1, -0.05) is 35.8 Å². The van der Waals surface area contributed by atoms with E-state index in [1.54, 1.807) is 0 Å². The van der Waals surface area contributed by atoms with Crippen LogP contribution in [-0.4, -0.2) is 25.2 Å². The van der Waals surface area contributed by atoms with Crippen molar-refractivity contribution < 1.29 is 13.3 Å². The summed E-state index contributed by atoms with van der Waals surface area (Å²) >= 11 is 3.38. The molecule has 2 unspecified atom stereocenters. The Morgan fingerprint density at radius 1 is 1.37 bits per heavy atom. The fourth-order valence-electron chi connectivity index (χ4n) is 1.60. The number of sulfonamides is 1. The van der Waals surface area contributed by atoms with E-state index >= 15 is 0 Å². The fourth-order valence-corrected chi connectivity index (χ4v) is 2.63. The summed E-state index contributed by atoms with van der Waals surface area (Å²) in [5.41, 5.74) is 0.319. The maximum atomic E-state index is 11.6. The Bertz CT molecular complexity index is 586. The Morgan fingerprint density at radius 2 is 1.95 bits per heavy atom.